The van der Waals surface area contributed by atoms with Gasteiger partial charge in [-0.05, 0) is 54.0 Å². The van der Waals surface area contributed by atoms with Gasteiger partial charge >= 0.3 is 0 Å². The van der Waals surface area contributed by atoms with Crippen LogP contribution < -0.4 is 9.64 Å². The van der Waals surface area contributed by atoms with Gasteiger partial charge in [0.25, 0.3) is 0 Å². The summed E-state index contributed by atoms with van der Waals surface area (Å²) in [5.74, 6) is 0.670. The molecule has 0 aliphatic heterocycles. The predicted molar refractivity (Wildman–Crippen MR) is 125 cm³/mol. The highest BCUT2D eigenvalue weighted by molar-refractivity contribution is 5.99. The summed E-state index contributed by atoms with van der Waals surface area (Å²) in [5, 5.41) is 12.4. The van der Waals surface area contributed by atoms with Crippen molar-refractivity contribution in [1.82, 2.24) is 0 Å². The minimum atomic E-state index is 0.171. The Morgan fingerprint density at radius 1 is 0.897 bits per heavy atom. The third kappa shape index (κ3) is 5.20. The number of hydrogen-bond acceptors (Lipinski definition) is 3. The molecule has 0 aliphatic carbocycles. The van der Waals surface area contributed by atoms with E-state index in [1.165, 1.54) is 22.0 Å². The Hall–Kier alpha value is -3.20. The molecule has 3 nitrogen and oxygen atoms in total. The molecular formula is C26H29NO2. The lowest BCUT2D eigenvalue weighted by molar-refractivity contribution is 0.373. The van der Waals surface area contributed by atoms with Crippen LogP contribution in [0.25, 0.3) is 22.9 Å². The summed E-state index contributed by atoms with van der Waals surface area (Å²) in [6.45, 7) is 0. The van der Waals surface area contributed by atoms with E-state index in [0.717, 1.165) is 24.8 Å². The van der Waals surface area contributed by atoms with E-state index in [1.807, 2.05) is 12.1 Å². The van der Waals surface area contributed by atoms with Gasteiger partial charge in [0.2, 0.25) is 0 Å². The minimum Gasteiger partial charge on any atom is -0.504 e. The van der Waals surface area contributed by atoms with E-state index in [2.05, 4.69) is 73.6 Å². The predicted octanol–water partition coefficient (Wildman–Crippen LogP) is 6.52. The van der Waals surface area contributed by atoms with Crippen molar-refractivity contribution in [2.45, 2.75) is 19.3 Å². The summed E-state index contributed by atoms with van der Waals surface area (Å²) in [4.78, 5) is 2.16. The molecule has 3 heteroatoms. The van der Waals surface area contributed by atoms with Crippen molar-refractivity contribution in [3.05, 3.63) is 77.9 Å². The third-order valence-corrected chi connectivity index (χ3v) is 4.97. The quantitative estimate of drug-likeness (QED) is 0.447. The van der Waals surface area contributed by atoms with Crippen molar-refractivity contribution in [1.29, 1.82) is 0 Å². The average molecular weight is 388 g/mol. The van der Waals surface area contributed by atoms with Crippen LogP contribution in [0.1, 0.15) is 30.4 Å². The molecule has 0 aliphatic rings. The monoisotopic (exact) mass is 387 g/mol. The van der Waals surface area contributed by atoms with Gasteiger partial charge in [0.05, 0.1) is 7.11 Å². The second-order valence-electron chi connectivity index (χ2n) is 7.28. The van der Waals surface area contributed by atoms with Crippen LogP contribution in [0.15, 0.2) is 66.7 Å². The van der Waals surface area contributed by atoms with Crippen molar-refractivity contribution in [2.75, 3.05) is 26.1 Å². The van der Waals surface area contributed by atoms with Gasteiger partial charge in [-0.2, -0.15) is 0 Å². The molecule has 0 saturated carbocycles. The Balaban J connectivity index is 1.56. The van der Waals surface area contributed by atoms with Crippen LogP contribution in [0.2, 0.25) is 0 Å². The van der Waals surface area contributed by atoms with Gasteiger partial charge in [0.15, 0.2) is 11.5 Å². The number of fused-ring (bicyclic) bond motifs is 1. The number of aromatic hydroxyl groups is 1. The van der Waals surface area contributed by atoms with Crippen molar-refractivity contribution < 1.29 is 9.84 Å². The Labute approximate surface area is 173 Å². The van der Waals surface area contributed by atoms with E-state index in [1.54, 1.807) is 19.2 Å². The van der Waals surface area contributed by atoms with Gasteiger partial charge in [-0.3, -0.25) is 0 Å². The molecule has 0 spiro atoms. The fourth-order valence-corrected chi connectivity index (χ4v) is 3.44. The summed E-state index contributed by atoms with van der Waals surface area (Å²) >= 11 is 0. The topological polar surface area (TPSA) is 32.7 Å². The maximum absolute atomic E-state index is 9.82. The molecule has 29 heavy (non-hydrogen) atoms. The van der Waals surface area contributed by atoms with Gasteiger partial charge in [-0.25, -0.2) is 0 Å². The summed E-state index contributed by atoms with van der Waals surface area (Å²) in [6.07, 6.45) is 11.8. The Morgan fingerprint density at radius 2 is 1.62 bits per heavy atom. The van der Waals surface area contributed by atoms with Crippen molar-refractivity contribution in [3.8, 4) is 11.5 Å². The third-order valence-electron chi connectivity index (χ3n) is 4.97. The van der Waals surface area contributed by atoms with Gasteiger partial charge in [-0.15, -0.1) is 0 Å². The minimum absolute atomic E-state index is 0.171. The molecule has 0 atom stereocenters. The summed E-state index contributed by atoms with van der Waals surface area (Å²) in [7, 11) is 5.72. The number of ether oxygens (including phenoxy) is 1. The van der Waals surface area contributed by atoms with E-state index >= 15 is 0 Å². The second-order valence-corrected chi connectivity index (χ2v) is 7.28. The average Bonchev–Trinajstić information content (AvgIpc) is 2.73. The molecule has 1 N–H and O–H groups in total. The zero-order valence-electron chi connectivity index (χ0n) is 17.4. The molecule has 150 valence electrons. The first kappa shape index (κ1) is 20.5. The van der Waals surface area contributed by atoms with Crippen LogP contribution in [0.3, 0.4) is 0 Å². The fourth-order valence-electron chi connectivity index (χ4n) is 3.44. The SMILES string of the molecule is COc1ccc(/C=C/CCC/C=C/c2ccc(N(C)C)c3ccccc23)cc1O. The molecule has 3 aromatic carbocycles. The fraction of sp³-hybridized carbons (Fsp3) is 0.231. The van der Waals surface area contributed by atoms with E-state index in [9.17, 15) is 5.11 Å². The zero-order valence-corrected chi connectivity index (χ0v) is 17.4. The first-order valence-corrected chi connectivity index (χ1v) is 9.99. The number of phenols is 1. The summed E-state index contributed by atoms with van der Waals surface area (Å²) in [6, 6.07) is 18.4. The number of nitrogens with zero attached hydrogens (tertiary/aromatic N) is 1. The number of rotatable bonds is 8. The van der Waals surface area contributed by atoms with Crippen molar-refractivity contribution in [2.24, 2.45) is 0 Å². The maximum Gasteiger partial charge on any atom is 0.160 e. The highest BCUT2D eigenvalue weighted by atomic mass is 16.5. The Morgan fingerprint density at radius 3 is 2.31 bits per heavy atom. The van der Waals surface area contributed by atoms with Gasteiger partial charge in [0, 0.05) is 25.2 Å². The molecule has 0 heterocycles. The molecule has 3 aromatic rings. The normalized spacial score (nSPS) is 11.6. The highest BCUT2D eigenvalue weighted by Crippen LogP contribution is 2.29. The van der Waals surface area contributed by atoms with E-state index < -0.39 is 0 Å². The number of allylic oxidation sites excluding steroid dienone is 2. The lowest BCUT2D eigenvalue weighted by Crippen LogP contribution is -2.09. The smallest absolute Gasteiger partial charge is 0.160 e. The van der Waals surface area contributed by atoms with Crippen LogP contribution in [-0.2, 0) is 0 Å². The highest BCUT2D eigenvalue weighted by Gasteiger charge is 2.05. The van der Waals surface area contributed by atoms with Crippen LogP contribution in [-0.4, -0.2) is 26.3 Å². The molecule has 0 unspecified atom stereocenters. The Bertz CT molecular complexity index is 1020. The van der Waals surface area contributed by atoms with Crippen LogP contribution in [0, 0.1) is 0 Å². The van der Waals surface area contributed by atoms with Gasteiger partial charge in [-0.1, -0.05) is 60.7 Å². The van der Waals surface area contributed by atoms with Crippen LogP contribution >= 0.6 is 0 Å². The number of benzene rings is 3. The maximum atomic E-state index is 9.82. The number of hydrogen-bond donors (Lipinski definition) is 1. The molecule has 0 fully saturated rings. The zero-order chi connectivity index (χ0) is 20.6. The molecular weight excluding hydrogens is 358 g/mol. The number of anilines is 1. The lowest BCUT2D eigenvalue weighted by Gasteiger charge is -2.16. The van der Waals surface area contributed by atoms with E-state index in [0.29, 0.717) is 5.75 Å². The lowest BCUT2D eigenvalue weighted by atomic mass is 10.0. The van der Waals surface area contributed by atoms with Crippen molar-refractivity contribution >= 4 is 28.6 Å². The second kappa shape index (κ2) is 9.83. The molecule has 3 rings (SSSR count). The first-order valence-electron chi connectivity index (χ1n) is 9.99. The van der Waals surface area contributed by atoms with Crippen molar-refractivity contribution in [3.63, 3.8) is 0 Å². The standard InChI is InChI=1S/C26H29NO2/c1-27(2)24-17-16-21(22-13-9-10-14-23(22)24)12-8-6-4-5-7-11-20-15-18-26(29-3)25(28)19-20/h7-19,28H,4-6H2,1-3H3/b11-7+,12-8+. The van der Waals surface area contributed by atoms with E-state index in [4.69, 9.17) is 4.74 Å². The number of unbranched alkanes of at least 4 members (excludes halogenated alkanes) is 2. The van der Waals surface area contributed by atoms with E-state index in [-0.39, 0.29) is 5.75 Å². The molecule has 0 radical (unpaired) electrons. The first-order chi connectivity index (χ1) is 14.1. The van der Waals surface area contributed by atoms with Crippen LogP contribution in [0.5, 0.6) is 11.5 Å². The molecule has 0 saturated heterocycles. The number of phenolic OH excluding ortho intramolecular Hbond substituents is 1. The summed E-state index contributed by atoms with van der Waals surface area (Å²) in [5.41, 5.74) is 3.48. The Kier molecular flexibility index (Phi) is 6.96. The van der Waals surface area contributed by atoms with Gasteiger partial charge in [0.1, 0.15) is 0 Å². The molecule has 0 amide bonds. The van der Waals surface area contributed by atoms with Gasteiger partial charge < -0.3 is 14.7 Å². The summed E-state index contributed by atoms with van der Waals surface area (Å²) < 4.78 is 5.07. The largest absolute Gasteiger partial charge is 0.504 e. The number of methoxy groups -OCH3 is 1. The van der Waals surface area contributed by atoms with Crippen LogP contribution in [0.4, 0.5) is 5.69 Å². The molecule has 0 aromatic heterocycles. The molecule has 0 bridgehead atoms.